The van der Waals surface area contributed by atoms with Gasteiger partial charge in [-0.15, -0.1) is 13.2 Å². The zero-order chi connectivity index (χ0) is 11.0. The highest BCUT2D eigenvalue weighted by atomic mass is 31.2. The summed E-state index contributed by atoms with van der Waals surface area (Å²) in [7, 11) is -0.0981. The van der Waals surface area contributed by atoms with Gasteiger partial charge < -0.3 is 9.05 Å². The molecule has 0 spiro atoms. The molecule has 0 aromatic rings. The van der Waals surface area contributed by atoms with Crippen molar-refractivity contribution < 1.29 is 13.6 Å². The van der Waals surface area contributed by atoms with Crippen LogP contribution in [0.1, 0.15) is 12.8 Å². The van der Waals surface area contributed by atoms with Crippen molar-refractivity contribution >= 4 is 7.60 Å². The molecule has 0 heterocycles. The van der Waals surface area contributed by atoms with Crippen LogP contribution in [0.5, 0.6) is 0 Å². The van der Waals surface area contributed by atoms with Crippen molar-refractivity contribution in [2.45, 2.75) is 12.8 Å². The zero-order valence-electron chi connectivity index (χ0n) is 8.94. The van der Waals surface area contributed by atoms with Crippen LogP contribution in [0.2, 0.25) is 0 Å². The largest absolute Gasteiger partial charge is 0.330 e. The van der Waals surface area contributed by atoms with Gasteiger partial charge in [0.15, 0.2) is 0 Å². The van der Waals surface area contributed by atoms with Crippen LogP contribution in [0.4, 0.5) is 0 Å². The minimum atomic E-state index is -2.90. The molecule has 4 heteroatoms. The Bertz CT molecular complexity index is 217. The molecule has 0 aliphatic heterocycles. The Kier molecular flexibility index (Phi) is 6.81. The van der Waals surface area contributed by atoms with Gasteiger partial charge in [-0.2, -0.15) is 0 Å². The van der Waals surface area contributed by atoms with Crippen LogP contribution in [-0.4, -0.2) is 20.4 Å². The number of allylic oxidation sites excluding steroid dienone is 2. The van der Waals surface area contributed by atoms with E-state index in [0.717, 1.165) is 12.8 Å². The predicted molar refractivity (Wildman–Crippen MR) is 59.6 cm³/mol. The molecular weight excluding hydrogens is 199 g/mol. The third kappa shape index (κ3) is 4.75. The molecule has 0 radical (unpaired) electrons. The molecular formula is C10H19O3P. The molecule has 0 aliphatic carbocycles. The molecule has 0 aliphatic rings. The second kappa shape index (κ2) is 6.99. The Morgan fingerprint density at radius 2 is 1.93 bits per heavy atom. The molecule has 0 amide bonds. The first-order valence-corrected chi connectivity index (χ1v) is 6.28. The van der Waals surface area contributed by atoms with Crippen LogP contribution < -0.4 is 0 Å². The van der Waals surface area contributed by atoms with Gasteiger partial charge in [-0.05, 0) is 18.8 Å². The molecule has 0 saturated carbocycles. The van der Waals surface area contributed by atoms with Gasteiger partial charge in [0.25, 0.3) is 0 Å². The van der Waals surface area contributed by atoms with Crippen LogP contribution in [0.25, 0.3) is 0 Å². The lowest BCUT2D eigenvalue weighted by atomic mass is 10.1. The molecule has 14 heavy (non-hydrogen) atoms. The minimum Gasteiger partial charge on any atom is -0.312 e. The van der Waals surface area contributed by atoms with Crippen molar-refractivity contribution in [2.75, 3.05) is 20.4 Å². The number of rotatable bonds is 8. The fourth-order valence-corrected chi connectivity index (χ4v) is 2.48. The SMILES string of the molecule is C=CCC[C@H](C=C)CP(=O)(OC)OC. The molecule has 1 atom stereocenters. The number of hydrogen-bond acceptors (Lipinski definition) is 3. The minimum absolute atomic E-state index is 0.152. The highest BCUT2D eigenvalue weighted by Gasteiger charge is 2.24. The van der Waals surface area contributed by atoms with Gasteiger partial charge in [-0.25, -0.2) is 0 Å². The van der Waals surface area contributed by atoms with Gasteiger partial charge in [0.2, 0.25) is 0 Å². The fourth-order valence-electron chi connectivity index (χ4n) is 1.13. The van der Waals surface area contributed by atoms with E-state index in [4.69, 9.17) is 9.05 Å². The smallest absolute Gasteiger partial charge is 0.312 e. The van der Waals surface area contributed by atoms with Crippen molar-refractivity contribution in [3.05, 3.63) is 25.3 Å². The lowest BCUT2D eigenvalue weighted by Gasteiger charge is -2.18. The average Bonchev–Trinajstić information content (AvgIpc) is 2.23. The molecule has 0 bridgehead atoms. The van der Waals surface area contributed by atoms with Crippen molar-refractivity contribution in [2.24, 2.45) is 5.92 Å². The van der Waals surface area contributed by atoms with Gasteiger partial charge in [-0.1, -0.05) is 12.2 Å². The summed E-state index contributed by atoms with van der Waals surface area (Å²) in [5.74, 6) is 0.152. The van der Waals surface area contributed by atoms with Crippen molar-refractivity contribution in [3.63, 3.8) is 0 Å². The lowest BCUT2D eigenvalue weighted by Crippen LogP contribution is -2.06. The molecule has 0 fully saturated rings. The van der Waals surface area contributed by atoms with E-state index in [0.29, 0.717) is 6.16 Å². The van der Waals surface area contributed by atoms with E-state index in [1.165, 1.54) is 14.2 Å². The van der Waals surface area contributed by atoms with Crippen LogP contribution in [-0.2, 0) is 13.6 Å². The fraction of sp³-hybridized carbons (Fsp3) is 0.600. The molecule has 0 aromatic carbocycles. The molecule has 0 unspecified atom stereocenters. The average molecular weight is 218 g/mol. The van der Waals surface area contributed by atoms with Crippen molar-refractivity contribution in [1.29, 1.82) is 0 Å². The van der Waals surface area contributed by atoms with Gasteiger partial charge in [-0.3, -0.25) is 4.57 Å². The second-order valence-electron chi connectivity index (χ2n) is 3.02. The van der Waals surface area contributed by atoms with E-state index in [1.807, 2.05) is 6.08 Å². The Balaban J connectivity index is 4.21. The Labute approximate surface area is 86.3 Å². The van der Waals surface area contributed by atoms with Crippen molar-refractivity contribution in [1.82, 2.24) is 0 Å². The molecule has 0 saturated heterocycles. The monoisotopic (exact) mass is 218 g/mol. The summed E-state index contributed by atoms with van der Waals surface area (Å²) >= 11 is 0. The summed E-state index contributed by atoms with van der Waals surface area (Å²) in [6.45, 7) is 7.34. The van der Waals surface area contributed by atoms with Crippen LogP contribution >= 0.6 is 7.60 Å². The van der Waals surface area contributed by atoms with E-state index in [1.54, 1.807) is 6.08 Å². The third-order valence-electron chi connectivity index (χ3n) is 2.09. The van der Waals surface area contributed by atoms with E-state index >= 15 is 0 Å². The summed E-state index contributed by atoms with van der Waals surface area (Å²) in [5.41, 5.74) is 0. The van der Waals surface area contributed by atoms with E-state index < -0.39 is 7.60 Å². The third-order valence-corrected chi connectivity index (χ3v) is 4.12. The topological polar surface area (TPSA) is 35.5 Å². The van der Waals surface area contributed by atoms with Crippen molar-refractivity contribution in [3.8, 4) is 0 Å². The molecule has 0 aromatic heterocycles. The maximum atomic E-state index is 11.8. The van der Waals surface area contributed by atoms with Gasteiger partial charge in [0.05, 0.1) is 6.16 Å². The Morgan fingerprint density at radius 1 is 1.36 bits per heavy atom. The Morgan fingerprint density at radius 3 is 2.29 bits per heavy atom. The van der Waals surface area contributed by atoms with Crippen LogP contribution in [0, 0.1) is 5.92 Å². The standard InChI is InChI=1S/C10H19O3P/c1-5-7-8-10(6-2)9-14(11,12-3)13-4/h5-6,10H,1-2,7-9H2,3-4H3/t10-/m0/s1. The summed E-state index contributed by atoms with van der Waals surface area (Å²) < 4.78 is 21.5. The summed E-state index contributed by atoms with van der Waals surface area (Å²) in [6.07, 6.45) is 5.76. The van der Waals surface area contributed by atoms with E-state index in [-0.39, 0.29) is 5.92 Å². The van der Waals surface area contributed by atoms with Gasteiger partial charge in [0.1, 0.15) is 0 Å². The normalized spacial score (nSPS) is 13.6. The molecule has 3 nitrogen and oxygen atoms in total. The first-order chi connectivity index (χ1) is 6.61. The van der Waals surface area contributed by atoms with Gasteiger partial charge in [0, 0.05) is 14.2 Å². The van der Waals surface area contributed by atoms with Crippen LogP contribution in [0.15, 0.2) is 25.3 Å². The second-order valence-corrected chi connectivity index (χ2v) is 5.34. The maximum Gasteiger partial charge on any atom is 0.330 e. The Hall–Kier alpha value is -0.370. The van der Waals surface area contributed by atoms with Crippen LogP contribution in [0.3, 0.4) is 0 Å². The molecule has 82 valence electrons. The predicted octanol–water partition coefficient (Wildman–Crippen LogP) is 3.24. The first kappa shape index (κ1) is 13.6. The van der Waals surface area contributed by atoms with Gasteiger partial charge >= 0.3 is 7.60 Å². The summed E-state index contributed by atoms with van der Waals surface area (Å²) in [4.78, 5) is 0. The quantitative estimate of drug-likeness (QED) is 0.463. The molecule has 0 rings (SSSR count). The zero-order valence-corrected chi connectivity index (χ0v) is 9.83. The van der Waals surface area contributed by atoms with E-state index in [9.17, 15) is 4.57 Å². The number of hydrogen-bond donors (Lipinski definition) is 0. The highest BCUT2D eigenvalue weighted by Crippen LogP contribution is 2.48. The first-order valence-electron chi connectivity index (χ1n) is 4.56. The van der Waals surface area contributed by atoms with E-state index in [2.05, 4.69) is 13.2 Å². The maximum absolute atomic E-state index is 11.8. The molecule has 0 N–H and O–H groups in total. The lowest BCUT2D eigenvalue weighted by molar-refractivity contribution is 0.272. The summed E-state index contributed by atoms with van der Waals surface area (Å²) in [5, 5.41) is 0. The summed E-state index contributed by atoms with van der Waals surface area (Å²) in [6, 6.07) is 0. The highest BCUT2D eigenvalue weighted by molar-refractivity contribution is 7.53.